The van der Waals surface area contributed by atoms with Gasteiger partial charge in [-0.05, 0) is 18.2 Å². The molecular formula is C16H9Cl2N3S. The van der Waals surface area contributed by atoms with Crippen molar-refractivity contribution in [1.82, 2.24) is 14.6 Å². The number of hydrogen-bond acceptors (Lipinski definition) is 3. The second-order valence-corrected chi connectivity index (χ2v) is 6.42. The van der Waals surface area contributed by atoms with Crippen LogP contribution in [0.4, 0.5) is 0 Å². The summed E-state index contributed by atoms with van der Waals surface area (Å²) in [6.45, 7) is 0. The quantitative estimate of drug-likeness (QED) is 0.484. The van der Waals surface area contributed by atoms with Crippen molar-refractivity contribution in [2.24, 2.45) is 0 Å². The van der Waals surface area contributed by atoms with Crippen molar-refractivity contribution in [1.29, 1.82) is 0 Å². The van der Waals surface area contributed by atoms with Crippen molar-refractivity contribution in [2.45, 2.75) is 0 Å². The fourth-order valence-electron chi connectivity index (χ4n) is 2.27. The van der Waals surface area contributed by atoms with Gasteiger partial charge in [-0.1, -0.05) is 53.5 Å². The molecule has 22 heavy (non-hydrogen) atoms. The standard InChI is InChI=1S/C16H9Cl2N3S/c17-11-6-7-12(13(18)8-11)15-19-16-21(20-15)14(9-22-16)10-4-2-1-3-5-10/h1-9H. The van der Waals surface area contributed by atoms with E-state index >= 15 is 0 Å². The molecule has 0 aliphatic rings. The largest absolute Gasteiger partial charge is 0.213 e. The topological polar surface area (TPSA) is 30.2 Å². The van der Waals surface area contributed by atoms with E-state index in [-0.39, 0.29) is 0 Å². The first kappa shape index (κ1) is 13.8. The van der Waals surface area contributed by atoms with E-state index in [9.17, 15) is 0 Å². The van der Waals surface area contributed by atoms with E-state index < -0.39 is 0 Å². The Bertz CT molecular complexity index is 960. The average molecular weight is 346 g/mol. The van der Waals surface area contributed by atoms with Crippen molar-refractivity contribution in [3.63, 3.8) is 0 Å². The summed E-state index contributed by atoms with van der Waals surface area (Å²) in [5, 5.41) is 7.80. The summed E-state index contributed by atoms with van der Waals surface area (Å²) in [5.74, 6) is 0.602. The first-order chi connectivity index (χ1) is 10.7. The number of hydrogen-bond donors (Lipinski definition) is 0. The predicted molar refractivity (Wildman–Crippen MR) is 91.8 cm³/mol. The molecule has 0 saturated heterocycles. The Balaban J connectivity index is 1.87. The van der Waals surface area contributed by atoms with Crippen molar-refractivity contribution in [3.05, 3.63) is 64.0 Å². The van der Waals surface area contributed by atoms with Crippen LogP contribution in [-0.2, 0) is 0 Å². The third-order valence-corrected chi connectivity index (χ3v) is 4.69. The molecule has 0 atom stereocenters. The molecule has 0 radical (unpaired) electrons. The van der Waals surface area contributed by atoms with Crippen molar-refractivity contribution >= 4 is 39.5 Å². The van der Waals surface area contributed by atoms with Gasteiger partial charge in [-0.3, -0.25) is 0 Å². The van der Waals surface area contributed by atoms with Gasteiger partial charge in [0.2, 0.25) is 4.96 Å². The van der Waals surface area contributed by atoms with Gasteiger partial charge in [-0.15, -0.1) is 16.4 Å². The lowest BCUT2D eigenvalue weighted by Crippen LogP contribution is -1.89. The molecule has 2 heterocycles. The molecule has 3 nitrogen and oxygen atoms in total. The molecule has 4 aromatic rings. The van der Waals surface area contributed by atoms with Crippen LogP contribution < -0.4 is 0 Å². The van der Waals surface area contributed by atoms with Crippen LogP contribution in [0.15, 0.2) is 53.9 Å². The van der Waals surface area contributed by atoms with Gasteiger partial charge in [0.05, 0.1) is 10.7 Å². The maximum Gasteiger partial charge on any atom is 0.213 e. The highest BCUT2D eigenvalue weighted by Crippen LogP contribution is 2.31. The van der Waals surface area contributed by atoms with E-state index in [4.69, 9.17) is 23.2 Å². The Morgan fingerprint density at radius 3 is 2.59 bits per heavy atom. The highest BCUT2D eigenvalue weighted by Gasteiger charge is 2.14. The Hall–Kier alpha value is -1.88. The minimum atomic E-state index is 0.548. The van der Waals surface area contributed by atoms with Gasteiger partial charge in [0.1, 0.15) is 0 Å². The van der Waals surface area contributed by atoms with Crippen molar-refractivity contribution in [3.8, 4) is 22.6 Å². The van der Waals surface area contributed by atoms with Crippen LogP contribution in [0, 0.1) is 0 Å². The maximum atomic E-state index is 6.25. The molecule has 0 fully saturated rings. The van der Waals surface area contributed by atoms with Gasteiger partial charge in [-0.25, -0.2) is 4.52 Å². The summed E-state index contributed by atoms with van der Waals surface area (Å²) in [4.78, 5) is 5.40. The summed E-state index contributed by atoms with van der Waals surface area (Å²) >= 11 is 13.7. The molecule has 0 amide bonds. The van der Waals surface area contributed by atoms with Gasteiger partial charge in [0, 0.05) is 21.5 Å². The van der Waals surface area contributed by atoms with E-state index in [1.165, 1.54) is 0 Å². The zero-order valence-electron chi connectivity index (χ0n) is 11.2. The van der Waals surface area contributed by atoms with E-state index in [1.54, 1.807) is 23.5 Å². The number of rotatable bonds is 2. The minimum absolute atomic E-state index is 0.548. The van der Waals surface area contributed by atoms with E-state index in [0.717, 1.165) is 21.8 Å². The summed E-state index contributed by atoms with van der Waals surface area (Å²) in [6, 6.07) is 15.4. The molecule has 0 unspecified atom stereocenters. The lowest BCUT2D eigenvalue weighted by Gasteiger charge is -2.00. The third-order valence-electron chi connectivity index (χ3n) is 3.32. The molecular weight excluding hydrogens is 337 g/mol. The van der Waals surface area contributed by atoms with Crippen LogP contribution in [0.3, 0.4) is 0 Å². The fourth-order valence-corrected chi connectivity index (χ4v) is 3.60. The lowest BCUT2D eigenvalue weighted by molar-refractivity contribution is 0.990. The number of benzene rings is 2. The van der Waals surface area contributed by atoms with Gasteiger partial charge in [-0.2, -0.15) is 4.98 Å². The molecule has 0 aliphatic heterocycles. The Kier molecular flexibility index (Phi) is 3.37. The maximum absolute atomic E-state index is 6.25. The second-order valence-electron chi connectivity index (χ2n) is 4.74. The zero-order chi connectivity index (χ0) is 15.1. The Morgan fingerprint density at radius 2 is 1.82 bits per heavy atom. The zero-order valence-corrected chi connectivity index (χ0v) is 13.5. The lowest BCUT2D eigenvalue weighted by atomic mass is 10.2. The van der Waals surface area contributed by atoms with E-state index in [2.05, 4.69) is 27.6 Å². The third kappa shape index (κ3) is 2.29. The predicted octanol–water partition coefficient (Wildman–Crippen LogP) is 5.43. The molecule has 2 aromatic carbocycles. The molecule has 0 bridgehead atoms. The van der Waals surface area contributed by atoms with Gasteiger partial charge < -0.3 is 0 Å². The van der Waals surface area contributed by atoms with E-state index in [1.807, 2.05) is 28.8 Å². The van der Waals surface area contributed by atoms with Gasteiger partial charge >= 0.3 is 0 Å². The molecule has 0 spiro atoms. The van der Waals surface area contributed by atoms with Crippen LogP contribution in [0.25, 0.3) is 27.6 Å². The van der Waals surface area contributed by atoms with Gasteiger partial charge in [0.15, 0.2) is 5.82 Å². The van der Waals surface area contributed by atoms with Crippen LogP contribution in [0.2, 0.25) is 10.0 Å². The highest BCUT2D eigenvalue weighted by molar-refractivity contribution is 7.15. The number of aromatic nitrogens is 3. The van der Waals surface area contributed by atoms with Crippen LogP contribution >= 0.6 is 34.5 Å². The summed E-state index contributed by atoms with van der Waals surface area (Å²) in [7, 11) is 0. The van der Waals surface area contributed by atoms with Crippen LogP contribution in [0.5, 0.6) is 0 Å². The van der Waals surface area contributed by atoms with Crippen molar-refractivity contribution in [2.75, 3.05) is 0 Å². The molecule has 0 N–H and O–H groups in total. The molecule has 4 rings (SSSR count). The second kappa shape index (κ2) is 5.39. The van der Waals surface area contributed by atoms with Crippen LogP contribution in [0.1, 0.15) is 0 Å². The van der Waals surface area contributed by atoms with Crippen LogP contribution in [-0.4, -0.2) is 14.6 Å². The summed E-state index contributed by atoms with van der Waals surface area (Å²) < 4.78 is 1.85. The van der Waals surface area contributed by atoms with Crippen molar-refractivity contribution < 1.29 is 0 Å². The minimum Gasteiger partial charge on any atom is -0.203 e. The summed E-state index contributed by atoms with van der Waals surface area (Å²) in [5.41, 5.74) is 2.90. The van der Waals surface area contributed by atoms with Gasteiger partial charge in [0.25, 0.3) is 0 Å². The normalized spacial score (nSPS) is 11.2. The fraction of sp³-hybridized carbons (Fsp3) is 0. The first-order valence-electron chi connectivity index (χ1n) is 6.57. The molecule has 108 valence electrons. The smallest absolute Gasteiger partial charge is 0.203 e. The monoisotopic (exact) mass is 345 g/mol. The molecule has 2 aromatic heterocycles. The Labute approximate surface area is 140 Å². The SMILES string of the molecule is Clc1ccc(-c2nc3scc(-c4ccccc4)n3n2)c(Cl)c1. The number of fused-ring (bicyclic) bond motifs is 1. The molecule has 0 aliphatic carbocycles. The van der Waals surface area contributed by atoms with E-state index in [0.29, 0.717) is 15.9 Å². The molecule has 6 heteroatoms. The highest BCUT2D eigenvalue weighted by atomic mass is 35.5. The number of halogens is 2. The summed E-state index contributed by atoms with van der Waals surface area (Å²) in [6.07, 6.45) is 0. The first-order valence-corrected chi connectivity index (χ1v) is 8.21. The number of thiazole rings is 1. The Morgan fingerprint density at radius 1 is 1.00 bits per heavy atom. The number of nitrogens with zero attached hydrogens (tertiary/aromatic N) is 3. The average Bonchev–Trinajstić information content (AvgIpc) is 3.08. The molecule has 0 saturated carbocycles.